The number of amides is 1. The van der Waals surface area contributed by atoms with Crippen LogP contribution in [-0.2, 0) is 9.53 Å². The molecule has 2 aliphatic heterocycles. The fourth-order valence-electron chi connectivity index (χ4n) is 3.30. The molecule has 1 N–H and O–H groups in total. The van der Waals surface area contributed by atoms with Crippen LogP contribution in [0.1, 0.15) is 30.9 Å². The third-order valence-electron chi connectivity index (χ3n) is 4.41. The number of nitrogens with zero attached hydrogens (tertiary/aromatic N) is 1. The maximum atomic E-state index is 12.3. The van der Waals surface area contributed by atoms with Crippen molar-refractivity contribution in [2.75, 3.05) is 20.2 Å². The van der Waals surface area contributed by atoms with Crippen LogP contribution in [0.5, 0.6) is 0 Å². The first-order valence-corrected chi connectivity index (χ1v) is 7.90. The van der Waals surface area contributed by atoms with Gasteiger partial charge in [-0.1, -0.05) is 23.7 Å². The lowest BCUT2D eigenvalue weighted by Crippen LogP contribution is -2.43. The Labute approximate surface area is 130 Å². The van der Waals surface area contributed by atoms with E-state index >= 15 is 0 Å². The first-order chi connectivity index (χ1) is 10.1. The van der Waals surface area contributed by atoms with E-state index in [-0.39, 0.29) is 24.1 Å². The maximum absolute atomic E-state index is 12.3. The van der Waals surface area contributed by atoms with Crippen molar-refractivity contribution in [2.45, 2.75) is 37.5 Å². The van der Waals surface area contributed by atoms with Gasteiger partial charge in [-0.15, -0.1) is 0 Å². The van der Waals surface area contributed by atoms with Gasteiger partial charge in [0.2, 0.25) is 5.91 Å². The Balaban J connectivity index is 1.71. The van der Waals surface area contributed by atoms with Crippen LogP contribution in [0.3, 0.4) is 0 Å². The molecular formula is C16H21ClN2O2. The van der Waals surface area contributed by atoms with Crippen molar-refractivity contribution in [3.8, 4) is 0 Å². The molecule has 2 saturated heterocycles. The lowest BCUT2D eigenvalue weighted by Gasteiger charge is -2.27. The van der Waals surface area contributed by atoms with E-state index < -0.39 is 0 Å². The zero-order valence-corrected chi connectivity index (χ0v) is 13.0. The van der Waals surface area contributed by atoms with Crippen LogP contribution in [0, 0.1) is 0 Å². The molecule has 5 heteroatoms. The normalized spacial score (nSPS) is 29.7. The summed E-state index contributed by atoms with van der Waals surface area (Å²) < 4.78 is 5.47. The highest BCUT2D eigenvalue weighted by atomic mass is 35.5. The summed E-state index contributed by atoms with van der Waals surface area (Å²) in [5, 5.41) is 3.91. The second kappa shape index (κ2) is 6.34. The molecule has 0 bridgehead atoms. The van der Waals surface area contributed by atoms with Crippen molar-refractivity contribution in [1.29, 1.82) is 0 Å². The standard InChI is InChI=1S/C16H21ClN2O2/c1-19-9-8-13(18-16(20)14-3-2-10-21-14)15(19)11-4-6-12(17)7-5-11/h4-7,13-15H,2-3,8-10H2,1H3,(H,18,20)/t13-,14+,15-/m0/s1. The topological polar surface area (TPSA) is 41.6 Å². The number of rotatable bonds is 3. The van der Waals surface area contributed by atoms with E-state index in [4.69, 9.17) is 16.3 Å². The molecule has 2 heterocycles. The van der Waals surface area contributed by atoms with Gasteiger partial charge < -0.3 is 10.1 Å². The summed E-state index contributed by atoms with van der Waals surface area (Å²) in [6.07, 6.45) is 2.51. The van der Waals surface area contributed by atoms with Crippen LogP contribution in [0.25, 0.3) is 0 Å². The van der Waals surface area contributed by atoms with Crippen molar-refractivity contribution >= 4 is 17.5 Å². The van der Waals surface area contributed by atoms with Gasteiger partial charge >= 0.3 is 0 Å². The molecule has 2 aliphatic rings. The molecule has 1 aromatic carbocycles. The molecule has 114 valence electrons. The number of likely N-dealkylation sites (N-methyl/N-ethyl adjacent to an activating group) is 1. The minimum absolute atomic E-state index is 0.0340. The Bertz CT molecular complexity index is 500. The summed E-state index contributed by atoms with van der Waals surface area (Å²) in [7, 11) is 2.09. The van der Waals surface area contributed by atoms with Gasteiger partial charge in [-0.3, -0.25) is 9.69 Å². The average molecular weight is 309 g/mol. The van der Waals surface area contributed by atoms with Crippen molar-refractivity contribution in [1.82, 2.24) is 10.2 Å². The van der Waals surface area contributed by atoms with Crippen LogP contribution in [-0.4, -0.2) is 43.2 Å². The van der Waals surface area contributed by atoms with Gasteiger partial charge in [0, 0.05) is 24.2 Å². The zero-order chi connectivity index (χ0) is 14.8. The van der Waals surface area contributed by atoms with Crippen LogP contribution >= 0.6 is 11.6 Å². The molecular weight excluding hydrogens is 288 g/mol. The molecule has 3 rings (SSSR count). The second-order valence-electron chi connectivity index (χ2n) is 5.88. The molecule has 3 atom stereocenters. The van der Waals surface area contributed by atoms with E-state index in [0.717, 1.165) is 30.8 Å². The molecule has 0 unspecified atom stereocenters. The van der Waals surface area contributed by atoms with Gasteiger partial charge in [-0.05, 0) is 44.0 Å². The van der Waals surface area contributed by atoms with Crippen molar-refractivity contribution in [2.24, 2.45) is 0 Å². The smallest absolute Gasteiger partial charge is 0.249 e. The summed E-state index contributed by atoms with van der Waals surface area (Å²) in [6, 6.07) is 8.23. The van der Waals surface area contributed by atoms with E-state index in [2.05, 4.69) is 17.3 Å². The lowest BCUT2D eigenvalue weighted by atomic mass is 10.00. The second-order valence-corrected chi connectivity index (χ2v) is 6.32. The quantitative estimate of drug-likeness (QED) is 0.932. The number of carbonyl (C=O) groups is 1. The van der Waals surface area contributed by atoms with Gasteiger partial charge in [0.05, 0.1) is 6.04 Å². The van der Waals surface area contributed by atoms with Crippen LogP contribution < -0.4 is 5.32 Å². The van der Waals surface area contributed by atoms with E-state index in [9.17, 15) is 4.79 Å². The minimum atomic E-state index is -0.262. The Morgan fingerprint density at radius 3 is 2.76 bits per heavy atom. The molecule has 0 aliphatic carbocycles. The van der Waals surface area contributed by atoms with Crippen molar-refractivity contribution < 1.29 is 9.53 Å². The van der Waals surface area contributed by atoms with Gasteiger partial charge in [0.15, 0.2) is 0 Å². The number of hydrogen-bond donors (Lipinski definition) is 1. The maximum Gasteiger partial charge on any atom is 0.249 e. The van der Waals surface area contributed by atoms with Crippen LogP contribution in [0.15, 0.2) is 24.3 Å². The Hall–Kier alpha value is -1.10. The average Bonchev–Trinajstić information content (AvgIpc) is 3.11. The highest BCUT2D eigenvalue weighted by molar-refractivity contribution is 6.30. The number of ether oxygens (including phenoxy) is 1. The third-order valence-corrected chi connectivity index (χ3v) is 4.66. The summed E-state index contributed by atoms with van der Waals surface area (Å²) in [5.74, 6) is 0.0340. The van der Waals surface area contributed by atoms with Crippen LogP contribution in [0.2, 0.25) is 5.02 Å². The highest BCUT2D eigenvalue weighted by Crippen LogP contribution is 2.31. The van der Waals surface area contributed by atoms with Crippen molar-refractivity contribution in [3.05, 3.63) is 34.9 Å². The number of carbonyl (C=O) groups excluding carboxylic acids is 1. The Morgan fingerprint density at radius 2 is 2.10 bits per heavy atom. The summed E-state index contributed by atoms with van der Waals surface area (Å²) in [4.78, 5) is 14.5. The van der Waals surface area contributed by atoms with E-state index in [1.807, 2.05) is 24.3 Å². The van der Waals surface area contributed by atoms with Gasteiger partial charge in [-0.2, -0.15) is 0 Å². The fraction of sp³-hybridized carbons (Fsp3) is 0.562. The van der Waals surface area contributed by atoms with E-state index in [1.54, 1.807) is 0 Å². The molecule has 0 spiro atoms. The molecule has 1 aromatic rings. The number of likely N-dealkylation sites (tertiary alicyclic amines) is 1. The van der Waals surface area contributed by atoms with Gasteiger partial charge in [-0.25, -0.2) is 0 Å². The molecule has 4 nitrogen and oxygen atoms in total. The summed E-state index contributed by atoms with van der Waals surface area (Å²) in [5.41, 5.74) is 1.19. The van der Waals surface area contributed by atoms with Crippen LogP contribution in [0.4, 0.5) is 0 Å². The SMILES string of the molecule is CN1CC[C@H](NC(=O)[C@H]2CCCO2)[C@@H]1c1ccc(Cl)cc1. The number of nitrogens with one attached hydrogen (secondary N) is 1. The molecule has 1 amide bonds. The first kappa shape index (κ1) is 14.8. The molecule has 2 fully saturated rings. The molecule has 0 saturated carbocycles. The number of halogens is 1. The largest absolute Gasteiger partial charge is 0.368 e. The fourth-order valence-corrected chi connectivity index (χ4v) is 3.43. The van der Waals surface area contributed by atoms with Gasteiger partial charge in [0.1, 0.15) is 6.10 Å². The Kier molecular flexibility index (Phi) is 4.48. The molecule has 0 aromatic heterocycles. The third kappa shape index (κ3) is 3.23. The lowest BCUT2D eigenvalue weighted by molar-refractivity contribution is -0.130. The predicted molar refractivity (Wildman–Crippen MR) is 82.3 cm³/mol. The zero-order valence-electron chi connectivity index (χ0n) is 12.2. The number of hydrogen-bond acceptors (Lipinski definition) is 3. The van der Waals surface area contributed by atoms with E-state index in [0.29, 0.717) is 6.61 Å². The van der Waals surface area contributed by atoms with Gasteiger partial charge in [0.25, 0.3) is 0 Å². The minimum Gasteiger partial charge on any atom is -0.368 e. The molecule has 0 radical (unpaired) electrons. The summed E-state index contributed by atoms with van der Waals surface area (Å²) >= 11 is 5.96. The number of benzene rings is 1. The highest BCUT2D eigenvalue weighted by Gasteiger charge is 2.35. The van der Waals surface area contributed by atoms with E-state index in [1.165, 1.54) is 5.56 Å². The predicted octanol–water partition coefficient (Wildman–Crippen LogP) is 2.38. The first-order valence-electron chi connectivity index (χ1n) is 7.53. The Morgan fingerprint density at radius 1 is 1.33 bits per heavy atom. The van der Waals surface area contributed by atoms with Crippen molar-refractivity contribution in [3.63, 3.8) is 0 Å². The summed E-state index contributed by atoms with van der Waals surface area (Å²) in [6.45, 7) is 1.67. The monoisotopic (exact) mass is 308 g/mol. The molecule has 21 heavy (non-hydrogen) atoms.